The third kappa shape index (κ3) is 4.18. The first-order valence-electron chi connectivity index (χ1n) is 7.49. The molecule has 0 unspecified atom stereocenters. The van der Waals surface area contributed by atoms with E-state index in [1.54, 1.807) is 0 Å². The highest BCUT2D eigenvalue weighted by Crippen LogP contribution is 2.19. The molecule has 1 aliphatic rings. The van der Waals surface area contributed by atoms with Gasteiger partial charge in [-0.05, 0) is 42.7 Å². The van der Waals surface area contributed by atoms with Gasteiger partial charge in [0.15, 0.2) is 0 Å². The molecule has 2 N–H and O–H groups in total. The van der Waals surface area contributed by atoms with Crippen LogP contribution in [-0.2, 0) is 16.6 Å². The van der Waals surface area contributed by atoms with E-state index >= 15 is 0 Å². The Labute approximate surface area is 135 Å². The van der Waals surface area contributed by atoms with Crippen molar-refractivity contribution in [3.8, 4) is 0 Å². The lowest BCUT2D eigenvalue weighted by Crippen LogP contribution is -2.26. The summed E-state index contributed by atoms with van der Waals surface area (Å²) in [4.78, 5) is 12.0. The Kier molecular flexibility index (Phi) is 4.45. The second-order valence-electron chi connectivity index (χ2n) is 5.58. The zero-order chi connectivity index (χ0) is 16.3. The normalized spacial score (nSPS) is 14.4. The number of rotatable bonds is 6. The highest BCUT2D eigenvalue weighted by atomic mass is 32.2. The van der Waals surface area contributed by atoms with E-state index in [-0.39, 0.29) is 23.4 Å². The average Bonchev–Trinajstić information content (AvgIpc) is 3.38. The number of carbonyl (C=O) groups is 1. The average molecular weight is 330 g/mol. The van der Waals surface area contributed by atoms with Crippen molar-refractivity contribution in [1.82, 2.24) is 10.0 Å². The number of hydrogen-bond donors (Lipinski definition) is 2. The van der Waals surface area contributed by atoms with Gasteiger partial charge in [0.1, 0.15) is 0 Å². The van der Waals surface area contributed by atoms with Gasteiger partial charge in [-0.1, -0.05) is 30.3 Å². The predicted molar refractivity (Wildman–Crippen MR) is 87.4 cm³/mol. The van der Waals surface area contributed by atoms with E-state index in [2.05, 4.69) is 10.0 Å². The first-order chi connectivity index (χ1) is 11.0. The lowest BCUT2D eigenvalue weighted by molar-refractivity contribution is 0.0951. The summed E-state index contributed by atoms with van der Waals surface area (Å²) in [5, 5.41) is 2.87. The summed E-state index contributed by atoms with van der Waals surface area (Å²) in [6.07, 6.45) is 2.03. The van der Waals surface area contributed by atoms with Crippen molar-refractivity contribution in [1.29, 1.82) is 0 Å². The number of hydrogen-bond acceptors (Lipinski definition) is 3. The van der Waals surface area contributed by atoms with Crippen molar-refractivity contribution in [2.45, 2.75) is 30.3 Å². The molecule has 0 spiro atoms. The molecule has 1 aliphatic carbocycles. The third-order valence-corrected chi connectivity index (χ3v) is 5.07. The Balaban J connectivity index is 1.66. The van der Waals surface area contributed by atoms with Gasteiger partial charge in [-0.15, -0.1) is 0 Å². The fraction of sp³-hybridized carbons (Fsp3) is 0.235. The molecule has 5 nitrogen and oxygen atoms in total. The molecular formula is C17H18N2O3S. The van der Waals surface area contributed by atoms with Crippen molar-refractivity contribution < 1.29 is 13.2 Å². The van der Waals surface area contributed by atoms with Crippen molar-refractivity contribution in [2.24, 2.45) is 0 Å². The number of carbonyl (C=O) groups excluding carboxylic acids is 1. The van der Waals surface area contributed by atoms with E-state index in [9.17, 15) is 13.2 Å². The molecule has 2 aromatic rings. The maximum Gasteiger partial charge on any atom is 0.251 e. The lowest BCUT2D eigenvalue weighted by atomic mass is 10.2. The second kappa shape index (κ2) is 6.52. The summed E-state index contributed by atoms with van der Waals surface area (Å²) < 4.78 is 27.1. The van der Waals surface area contributed by atoms with Crippen molar-refractivity contribution in [3.05, 3.63) is 65.7 Å². The molecule has 23 heavy (non-hydrogen) atoms. The molecule has 6 heteroatoms. The van der Waals surface area contributed by atoms with E-state index < -0.39 is 10.0 Å². The van der Waals surface area contributed by atoms with Crippen molar-refractivity contribution in [2.75, 3.05) is 0 Å². The van der Waals surface area contributed by atoms with Gasteiger partial charge in [-0.3, -0.25) is 4.79 Å². The van der Waals surface area contributed by atoms with E-state index in [0.717, 1.165) is 18.4 Å². The van der Waals surface area contributed by atoms with Crippen LogP contribution in [0.25, 0.3) is 0 Å². The minimum atomic E-state index is -3.59. The highest BCUT2D eigenvalue weighted by molar-refractivity contribution is 7.89. The largest absolute Gasteiger partial charge is 0.349 e. The molecule has 1 amide bonds. The van der Waals surface area contributed by atoms with E-state index in [4.69, 9.17) is 0 Å². The van der Waals surface area contributed by atoms with Gasteiger partial charge in [0.2, 0.25) is 10.0 Å². The zero-order valence-corrected chi connectivity index (χ0v) is 13.3. The quantitative estimate of drug-likeness (QED) is 0.851. The molecule has 0 bridgehead atoms. The molecule has 1 fully saturated rings. The minimum absolute atomic E-state index is 0.149. The molecule has 3 rings (SSSR count). The lowest BCUT2D eigenvalue weighted by Gasteiger charge is -2.08. The van der Waals surface area contributed by atoms with Crippen molar-refractivity contribution >= 4 is 15.9 Å². The van der Waals surface area contributed by atoms with Gasteiger partial charge in [0, 0.05) is 18.2 Å². The maximum atomic E-state index is 12.3. The van der Waals surface area contributed by atoms with Gasteiger partial charge in [0.25, 0.3) is 5.91 Å². The molecule has 0 heterocycles. The molecule has 2 aromatic carbocycles. The fourth-order valence-electron chi connectivity index (χ4n) is 2.14. The SMILES string of the molecule is O=C(NC1CC1)c1ccc(S(=O)(=O)NCc2ccccc2)cc1. The van der Waals surface area contributed by atoms with E-state index in [0.29, 0.717) is 5.56 Å². The Morgan fingerprint density at radius 1 is 1.00 bits per heavy atom. The Hall–Kier alpha value is -2.18. The van der Waals surface area contributed by atoms with Crippen LogP contribution in [0.4, 0.5) is 0 Å². The maximum absolute atomic E-state index is 12.3. The van der Waals surface area contributed by atoms with E-state index in [1.165, 1.54) is 24.3 Å². The third-order valence-electron chi connectivity index (χ3n) is 3.65. The number of amides is 1. The van der Waals surface area contributed by atoms with Crippen LogP contribution in [0.1, 0.15) is 28.8 Å². The highest BCUT2D eigenvalue weighted by Gasteiger charge is 2.24. The van der Waals surface area contributed by atoms with Gasteiger partial charge in [-0.25, -0.2) is 13.1 Å². The molecule has 0 atom stereocenters. The smallest absolute Gasteiger partial charge is 0.251 e. The van der Waals surface area contributed by atoms with Crippen LogP contribution < -0.4 is 10.0 Å². The minimum Gasteiger partial charge on any atom is -0.349 e. The Morgan fingerprint density at radius 3 is 2.26 bits per heavy atom. The molecule has 0 radical (unpaired) electrons. The molecule has 0 aliphatic heterocycles. The van der Waals surface area contributed by atoms with Crippen LogP contribution >= 0.6 is 0 Å². The summed E-state index contributed by atoms with van der Waals surface area (Å²) in [7, 11) is -3.59. The molecule has 120 valence electrons. The molecule has 0 aromatic heterocycles. The Bertz CT molecular complexity index is 782. The second-order valence-corrected chi connectivity index (χ2v) is 7.35. The predicted octanol–water partition coefficient (Wildman–Crippen LogP) is 2.06. The first-order valence-corrected chi connectivity index (χ1v) is 8.97. The van der Waals surface area contributed by atoms with Gasteiger partial charge in [0.05, 0.1) is 4.90 Å². The van der Waals surface area contributed by atoms with Crippen LogP contribution in [0.5, 0.6) is 0 Å². The summed E-state index contributed by atoms with van der Waals surface area (Å²) >= 11 is 0. The fourth-order valence-corrected chi connectivity index (χ4v) is 3.16. The van der Waals surface area contributed by atoms with Crippen LogP contribution in [0.2, 0.25) is 0 Å². The topological polar surface area (TPSA) is 75.3 Å². The summed E-state index contributed by atoms with van der Waals surface area (Å²) in [6.45, 7) is 0.229. The van der Waals surface area contributed by atoms with Crippen LogP contribution in [-0.4, -0.2) is 20.4 Å². The Morgan fingerprint density at radius 2 is 1.65 bits per heavy atom. The molecular weight excluding hydrogens is 312 g/mol. The van der Waals surface area contributed by atoms with Gasteiger partial charge >= 0.3 is 0 Å². The zero-order valence-electron chi connectivity index (χ0n) is 12.5. The number of sulfonamides is 1. The summed E-state index contributed by atoms with van der Waals surface area (Å²) in [5.74, 6) is -0.159. The van der Waals surface area contributed by atoms with Crippen molar-refractivity contribution in [3.63, 3.8) is 0 Å². The number of nitrogens with one attached hydrogen (secondary N) is 2. The standard InChI is InChI=1S/C17H18N2O3S/c20-17(19-15-8-9-15)14-6-10-16(11-7-14)23(21,22)18-12-13-4-2-1-3-5-13/h1-7,10-11,15,18H,8-9,12H2,(H,19,20). The first kappa shape index (κ1) is 15.7. The monoisotopic (exact) mass is 330 g/mol. The number of benzene rings is 2. The van der Waals surface area contributed by atoms with Crippen LogP contribution in [0.15, 0.2) is 59.5 Å². The van der Waals surface area contributed by atoms with E-state index in [1.807, 2.05) is 30.3 Å². The summed E-state index contributed by atoms with van der Waals surface area (Å²) in [6, 6.07) is 15.6. The van der Waals surface area contributed by atoms with Gasteiger partial charge in [-0.2, -0.15) is 0 Å². The van der Waals surface area contributed by atoms with Gasteiger partial charge < -0.3 is 5.32 Å². The van der Waals surface area contributed by atoms with Crippen LogP contribution in [0, 0.1) is 0 Å². The van der Waals surface area contributed by atoms with Crippen LogP contribution in [0.3, 0.4) is 0 Å². The molecule has 0 saturated heterocycles. The molecule has 1 saturated carbocycles. The summed E-state index contributed by atoms with van der Waals surface area (Å²) in [5.41, 5.74) is 1.36.